The summed E-state index contributed by atoms with van der Waals surface area (Å²) in [7, 11) is 1.50. The number of ether oxygens (including phenoxy) is 5. The van der Waals surface area contributed by atoms with E-state index in [4.69, 9.17) is 29.2 Å². The average Bonchev–Trinajstić information content (AvgIpc) is 3.55. The normalized spacial score (nSPS) is 15.6. The van der Waals surface area contributed by atoms with Crippen LogP contribution in [0.5, 0.6) is 23.0 Å². The number of hydrogen-bond donors (Lipinski definition) is 0. The van der Waals surface area contributed by atoms with E-state index < -0.39 is 0 Å². The van der Waals surface area contributed by atoms with Crippen LogP contribution in [0.2, 0.25) is 0 Å². The molecule has 2 aliphatic heterocycles. The van der Waals surface area contributed by atoms with Gasteiger partial charge in [-0.1, -0.05) is 5.11 Å². The van der Waals surface area contributed by atoms with Gasteiger partial charge in [-0.05, 0) is 42.6 Å². The molecule has 2 aromatic carbocycles. The minimum absolute atomic E-state index is 0.0868. The molecule has 40 heavy (non-hydrogen) atoms. The van der Waals surface area contributed by atoms with Crippen molar-refractivity contribution in [1.82, 2.24) is 9.47 Å². The van der Waals surface area contributed by atoms with Crippen LogP contribution >= 0.6 is 0 Å². The van der Waals surface area contributed by atoms with Crippen molar-refractivity contribution in [2.24, 2.45) is 5.11 Å². The van der Waals surface area contributed by atoms with E-state index in [2.05, 4.69) is 14.9 Å². The maximum absolute atomic E-state index is 14.1. The van der Waals surface area contributed by atoms with Crippen molar-refractivity contribution < 1.29 is 28.5 Å². The van der Waals surface area contributed by atoms with Gasteiger partial charge in [0.25, 0.3) is 5.56 Å². The van der Waals surface area contributed by atoms with E-state index in [1.54, 1.807) is 28.8 Å². The van der Waals surface area contributed by atoms with Crippen molar-refractivity contribution >= 4 is 16.6 Å². The van der Waals surface area contributed by atoms with Crippen molar-refractivity contribution in [3.63, 3.8) is 0 Å². The van der Waals surface area contributed by atoms with Crippen LogP contribution in [0, 0.1) is 0 Å². The van der Waals surface area contributed by atoms with Crippen molar-refractivity contribution in [2.75, 3.05) is 59.9 Å². The number of rotatable bonds is 10. The molecule has 12 nitrogen and oxygen atoms in total. The maximum Gasteiger partial charge on any atom is 0.259 e. The largest absolute Gasteiger partial charge is 0.493 e. The van der Waals surface area contributed by atoms with E-state index in [0.717, 1.165) is 26.1 Å². The van der Waals surface area contributed by atoms with E-state index in [-0.39, 0.29) is 24.7 Å². The highest BCUT2D eigenvalue weighted by molar-refractivity contribution is 6.27. The second kappa shape index (κ2) is 11.1. The highest BCUT2D eigenvalue weighted by Gasteiger charge is 2.35. The highest BCUT2D eigenvalue weighted by Crippen LogP contribution is 2.47. The smallest absolute Gasteiger partial charge is 0.259 e. The van der Waals surface area contributed by atoms with Crippen LogP contribution in [-0.4, -0.2) is 75.2 Å². The van der Waals surface area contributed by atoms with Crippen LogP contribution in [0.4, 0.5) is 0 Å². The van der Waals surface area contributed by atoms with Crippen molar-refractivity contribution in [3.8, 4) is 34.3 Å². The summed E-state index contributed by atoms with van der Waals surface area (Å²) in [6, 6.07) is 6.83. The predicted molar refractivity (Wildman–Crippen MR) is 146 cm³/mol. The Bertz CT molecular complexity index is 1590. The van der Waals surface area contributed by atoms with Gasteiger partial charge in [0.1, 0.15) is 0 Å². The molecule has 0 amide bonds. The minimum atomic E-state index is -0.206. The zero-order valence-electron chi connectivity index (χ0n) is 22.2. The number of azide groups is 1. The zero-order chi connectivity index (χ0) is 27.6. The van der Waals surface area contributed by atoms with E-state index in [1.807, 2.05) is 0 Å². The number of pyridine rings is 1. The average molecular weight is 548 g/mol. The fourth-order valence-corrected chi connectivity index (χ4v) is 5.55. The van der Waals surface area contributed by atoms with Gasteiger partial charge >= 0.3 is 0 Å². The van der Waals surface area contributed by atoms with Gasteiger partial charge in [0.2, 0.25) is 6.79 Å². The number of morpholine rings is 1. The quantitative estimate of drug-likeness (QED) is 0.127. The summed E-state index contributed by atoms with van der Waals surface area (Å²) in [5.41, 5.74) is 10.5. The number of fused-ring (bicyclic) bond motifs is 6. The molecule has 0 unspecified atom stereocenters. The Kier molecular flexibility index (Phi) is 7.21. The molecule has 0 bridgehead atoms. The van der Waals surface area contributed by atoms with Gasteiger partial charge in [0, 0.05) is 54.1 Å². The summed E-state index contributed by atoms with van der Waals surface area (Å²) in [6.45, 7) is 5.04. The maximum atomic E-state index is 14.1. The van der Waals surface area contributed by atoms with E-state index in [0.29, 0.717) is 88.9 Å². The second-order valence-corrected chi connectivity index (χ2v) is 9.77. The van der Waals surface area contributed by atoms with Crippen LogP contribution in [-0.2, 0) is 11.3 Å². The molecule has 0 N–H and O–H groups in total. The molecule has 3 heterocycles. The van der Waals surface area contributed by atoms with Crippen LogP contribution in [0.25, 0.3) is 32.5 Å². The van der Waals surface area contributed by atoms with Crippen LogP contribution in [0.3, 0.4) is 0 Å². The Balaban J connectivity index is 1.45. The Morgan fingerprint density at radius 2 is 1.73 bits per heavy atom. The van der Waals surface area contributed by atoms with Gasteiger partial charge in [-0.2, -0.15) is 0 Å². The van der Waals surface area contributed by atoms with Crippen LogP contribution in [0.15, 0.2) is 34.2 Å². The van der Waals surface area contributed by atoms with E-state index in [1.165, 1.54) is 7.11 Å². The third kappa shape index (κ3) is 4.60. The standard InChI is InChI=1S/C28H29N5O7/c1-36-21-15-20-17(12-22(21)38-9-2-4-30-31-29)25-26(18-13-23-24(40-16-39-23)14-19(18)27(25)34)33(28(20)35)6-3-5-32-7-10-37-11-8-32/h12-15H,2-11,16H2,1H3. The lowest BCUT2D eigenvalue weighted by atomic mass is 10.0. The lowest BCUT2D eigenvalue weighted by molar-refractivity contribution is 0.0369. The summed E-state index contributed by atoms with van der Waals surface area (Å²) in [5.74, 6) is 1.66. The predicted octanol–water partition coefficient (Wildman–Crippen LogP) is 3.75. The molecule has 0 atom stereocenters. The second-order valence-electron chi connectivity index (χ2n) is 9.77. The number of hydrogen-bond acceptors (Lipinski definition) is 9. The fourth-order valence-electron chi connectivity index (χ4n) is 5.55. The summed E-state index contributed by atoms with van der Waals surface area (Å²) >= 11 is 0. The number of aromatic nitrogens is 1. The van der Waals surface area contributed by atoms with Gasteiger partial charge in [-0.15, -0.1) is 0 Å². The van der Waals surface area contributed by atoms with Gasteiger partial charge in [-0.3, -0.25) is 14.5 Å². The third-order valence-corrected chi connectivity index (χ3v) is 7.48. The Morgan fingerprint density at radius 1 is 0.975 bits per heavy atom. The summed E-state index contributed by atoms with van der Waals surface area (Å²) in [6.07, 6.45) is 1.24. The molecule has 0 radical (unpaired) electrons. The summed E-state index contributed by atoms with van der Waals surface area (Å²) in [4.78, 5) is 33.1. The fraction of sp³-hybridized carbons (Fsp3) is 0.429. The number of carbonyl (C=O) groups excluding carboxylic acids is 1. The lowest BCUT2D eigenvalue weighted by Crippen LogP contribution is -2.37. The molecule has 0 saturated carbocycles. The number of benzene rings is 2. The van der Waals surface area contributed by atoms with Crippen LogP contribution in [0.1, 0.15) is 28.8 Å². The number of ketones is 1. The first-order valence-corrected chi connectivity index (χ1v) is 13.3. The van der Waals surface area contributed by atoms with Gasteiger partial charge < -0.3 is 28.3 Å². The molecule has 0 spiro atoms. The molecule has 1 aromatic heterocycles. The molecule has 1 fully saturated rings. The Labute approximate surface area is 229 Å². The molecular formula is C28H29N5O7. The molecule has 1 aliphatic carbocycles. The Hall–Kier alpha value is -4.25. The molecule has 12 heteroatoms. The zero-order valence-corrected chi connectivity index (χ0v) is 22.2. The molecule has 3 aliphatic rings. The third-order valence-electron chi connectivity index (χ3n) is 7.48. The van der Waals surface area contributed by atoms with Crippen molar-refractivity contribution in [3.05, 3.63) is 56.2 Å². The van der Waals surface area contributed by atoms with Gasteiger partial charge in [-0.25, -0.2) is 0 Å². The van der Waals surface area contributed by atoms with Gasteiger partial charge in [0.15, 0.2) is 28.8 Å². The molecule has 208 valence electrons. The topological polar surface area (TPSA) is 137 Å². The summed E-state index contributed by atoms with van der Waals surface area (Å²) < 4.78 is 29.8. The van der Waals surface area contributed by atoms with E-state index in [9.17, 15) is 9.59 Å². The number of carbonyl (C=O) groups is 1. The number of nitrogens with zero attached hydrogens (tertiary/aromatic N) is 5. The monoisotopic (exact) mass is 547 g/mol. The SMILES string of the molecule is COc1cc2c(=O)n(CCCN3CCOCC3)c3c(c2cc1OCCCN=[N+]=[N-])C(=O)c1cc2c(cc1-3)OCO2. The van der Waals surface area contributed by atoms with E-state index >= 15 is 0 Å². The van der Waals surface area contributed by atoms with Crippen molar-refractivity contribution in [2.45, 2.75) is 19.4 Å². The summed E-state index contributed by atoms with van der Waals surface area (Å²) in [5, 5.41) is 4.41. The highest BCUT2D eigenvalue weighted by atomic mass is 16.7. The van der Waals surface area contributed by atoms with Crippen LogP contribution < -0.4 is 24.5 Å². The first-order chi connectivity index (χ1) is 19.6. The lowest BCUT2D eigenvalue weighted by Gasteiger charge is -2.26. The molecule has 6 rings (SSSR count). The molecular weight excluding hydrogens is 518 g/mol. The minimum Gasteiger partial charge on any atom is -0.493 e. The van der Waals surface area contributed by atoms with Gasteiger partial charge in [0.05, 0.1) is 43.6 Å². The van der Waals surface area contributed by atoms with Crippen molar-refractivity contribution in [1.29, 1.82) is 0 Å². The first-order valence-electron chi connectivity index (χ1n) is 13.3. The Morgan fingerprint density at radius 3 is 2.48 bits per heavy atom. The number of methoxy groups -OCH3 is 1. The first kappa shape index (κ1) is 26.0. The molecule has 1 saturated heterocycles. The molecule has 3 aromatic rings.